The third-order valence-corrected chi connectivity index (χ3v) is 3.32. The molecule has 1 saturated heterocycles. The largest absolute Gasteiger partial charge is 0.387 e. The number of hydrogen-bond acceptors (Lipinski definition) is 9. The van der Waals surface area contributed by atoms with Gasteiger partial charge in [0.05, 0.1) is 12.9 Å². The van der Waals surface area contributed by atoms with Crippen LogP contribution in [0, 0.1) is 0 Å². The average molecular weight is 298 g/mol. The summed E-state index contributed by atoms with van der Waals surface area (Å²) < 4.78 is 6.81. The highest BCUT2D eigenvalue weighted by atomic mass is 16.6. The second-order valence-corrected chi connectivity index (χ2v) is 4.65. The van der Waals surface area contributed by atoms with Gasteiger partial charge in [-0.2, -0.15) is 4.98 Å². The lowest BCUT2D eigenvalue weighted by Gasteiger charge is -2.16. The molecule has 11 nitrogen and oxygen atoms in total. The van der Waals surface area contributed by atoms with Crippen LogP contribution >= 0.6 is 0 Å². The molecular formula is C10H14N6O5. The van der Waals surface area contributed by atoms with Crippen molar-refractivity contribution in [1.29, 1.82) is 0 Å². The number of H-pyrrole nitrogens is 1. The van der Waals surface area contributed by atoms with Crippen LogP contribution in [0.1, 0.15) is 6.23 Å². The zero-order valence-corrected chi connectivity index (χ0v) is 10.7. The zero-order valence-electron chi connectivity index (χ0n) is 10.7. The topological polar surface area (TPSA) is 175 Å². The number of rotatable bonds is 3. The molecule has 4 atom stereocenters. The van der Waals surface area contributed by atoms with Crippen molar-refractivity contribution in [3.05, 3.63) is 16.7 Å². The zero-order chi connectivity index (χ0) is 15.1. The van der Waals surface area contributed by atoms with E-state index in [4.69, 9.17) is 16.4 Å². The first-order valence-electron chi connectivity index (χ1n) is 6.08. The summed E-state index contributed by atoms with van der Waals surface area (Å²) in [7, 11) is 0. The molecule has 2 aromatic rings. The van der Waals surface area contributed by atoms with Gasteiger partial charge < -0.3 is 25.5 Å². The maximum Gasteiger partial charge on any atom is 0.280 e. The minimum Gasteiger partial charge on any atom is -0.387 e. The average Bonchev–Trinajstić information content (AvgIpc) is 2.96. The van der Waals surface area contributed by atoms with E-state index >= 15 is 0 Å². The van der Waals surface area contributed by atoms with Gasteiger partial charge in [-0.15, -0.1) is 0 Å². The molecule has 114 valence electrons. The lowest BCUT2D eigenvalue weighted by molar-refractivity contribution is -0.0660. The van der Waals surface area contributed by atoms with Gasteiger partial charge in [0, 0.05) is 0 Å². The summed E-state index contributed by atoms with van der Waals surface area (Å²) in [5, 5.41) is 19.9. The van der Waals surface area contributed by atoms with Crippen LogP contribution in [0.25, 0.3) is 11.2 Å². The Morgan fingerprint density at radius 3 is 2.95 bits per heavy atom. The minimum atomic E-state index is -1.26. The highest BCUT2D eigenvalue weighted by Gasteiger charge is 2.44. The van der Waals surface area contributed by atoms with Crippen LogP contribution < -0.4 is 17.2 Å². The maximum absolute atomic E-state index is 11.7. The van der Waals surface area contributed by atoms with Gasteiger partial charge in [0.15, 0.2) is 17.4 Å². The monoisotopic (exact) mass is 298 g/mol. The fraction of sp³-hybridized carbons (Fsp3) is 0.500. The van der Waals surface area contributed by atoms with E-state index in [0.717, 1.165) is 0 Å². The number of aliphatic hydroxyl groups is 2. The van der Waals surface area contributed by atoms with Crippen LogP contribution in [0.2, 0.25) is 0 Å². The van der Waals surface area contributed by atoms with Crippen molar-refractivity contribution in [1.82, 2.24) is 19.5 Å². The first-order valence-corrected chi connectivity index (χ1v) is 6.08. The van der Waals surface area contributed by atoms with E-state index in [1.165, 1.54) is 10.9 Å². The van der Waals surface area contributed by atoms with Gasteiger partial charge in [-0.25, -0.2) is 10.9 Å². The molecule has 3 heterocycles. The van der Waals surface area contributed by atoms with Gasteiger partial charge in [0.1, 0.15) is 18.3 Å². The number of anilines is 1. The SMILES string of the molecule is NOC[C@H]1O[C@@H](n2cnc3c(=O)[nH]c(N)nc32)[C@H](O)[C@@H]1O. The van der Waals surface area contributed by atoms with Crippen LogP contribution in [0.3, 0.4) is 0 Å². The Balaban J connectivity index is 2.03. The van der Waals surface area contributed by atoms with E-state index in [-0.39, 0.29) is 23.7 Å². The second kappa shape index (κ2) is 5.05. The van der Waals surface area contributed by atoms with E-state index in [1.54, 1.807) is 0 Å². The number of hydrogen-bond donors (Lipinski definition) is 5. The molecule has 0 radical (unpaired) electrons. The fourth-order valence-corrected chi connectivity index (χ4v) is 2.32. The number of fused-ring (bicyclic) bond motifs is 1. The highest BCUT2D eigenvalue weighted by Crippen LogP contribution is 2.30. The minimum absolute atomic E-state index is 0.0491. The molecule has 0 unspecified atom stereocenters. The summed E-state index contributed by atoms with van der Waals surface area (Å²) >= 11 is 0. The smallest absolute Gasteiger partial charge is 0.280 e. The van der Waals surface area contributed by atoms with E-state index < -0.39 is 30.1 Å². The van der Waals surface area contributed by atoms with E-state index in [2.05, 4.69) is 19.8 Å². The van der Waals surface area contributed by atoms with Crippen LogP contribution in [-0.4, -0.2) is 54.7 Å². The van der Waals surface area contributed by atoms with Crippen LogP contribution in [0.15, 0.2) is 11.1 Å². The van der Waals surface area contributed by atoms with Crippen molar-refractivity contribution in [2.24, 2.45) is 5.90 Å². The predicted octanol–water partition coefficient (Wildman–Crippen LogP) is -2.79. The normalized spacial score (nSPS) is 29.3. The molecule has 1 aliphatic rings. The van der Waals surface area contributed by atoms with Crippen molar-refractivity contribution in [2.45, 2.75) is 24.5 Å². The molecule has 0 aromatic carbocycles. The van der Waals surface area contributed by atoms with Gasteiger partial charge in [0.2, 0.25) is 5.95 Å². The molecule has 0 amide bonds. The number of nitrogens with one attached hydrogen (secondary N) is 1. The van der Waals surface area contributed by atoms with E-state index in [9.17, 15) is 15.0 Å². The number of nitrogens with two attached hydrogens (primary N) is 2. The van der Waals surface area contributed by atoms with Crippen molar-refractivity contribution < 1.29 is 19.8 Å². The number of nitrogens with zero attached hydrogens (tertiary/aromatic N) is 3. The van der Waals surface area contributed by atoms with E-state index in [1.807, 2.05) is 0 Å². The summed E-state index contributed by atoms with van der Waals surface area (Å²) in [6, 6.07) is 0. The summed E-state index contributed by atoms with van der Waals surface area (Å²) in [6.45, 7) is -0.0997. The quantitative estimate of drug-likeness (QED) is 0.375. The lowest BCUT2D eigenvalue weighted by Crippen LogP contribution is -2.34. The first-order chi connectivity index (χ1) is 10.0. The Morgan fingerprint density at radius 1 is 1.48 bits per heavy atom. The second-order valence-electron chi connectivity index (χ2n) is 4.65. The van der Waals surface area contributed by atoms with Crippen molar-refractivity contribution in [3.63, 3.8) is 0 Å². The Bertz CT molecular complexity index is 714. The van der Waals surface area contributed by atoms with Crippen molar-refractivity contribution >= 4 is 17.1 Å². The van der Waals surface area contributed by atoms with Gasteiger partial charge in [0.25, 0.3) is 5.56 Å². The molecule has 0 spiro atoms. The van der Waals surface area contributed by atoms with Crippen LogP contribution in [-0.2, 0) is 9.57 Å². The van der Waals surface area contributed by atoms with Gasteiger partial charge in [-0.05, 0) is 0 Å². The number of aromatic amines is 1. The Hall–Kier alpha value is -2.05. The molecule has 1 aliphatic heterocycles. The molecule has 3 rings (SSSR count). The Morgan fingerprint density at radius 2 is 2.24 bits per heavy atom. The third kappa shape index (κ3) is 2.16. The molecule has 2 aromatic heterocycles. The van der Waals surface area contributed by atoms with Crippen LogP contribution in [0.5, 0.6) is 0 Å². The summed E-state index contributed by atoms with van der Waals surface area (Å²) in [6.07, 6.45) is -2.98. The van der Waals surface area contributed by atoms with Crippen molar-refractivity contribution in [2.75, 3.05) is 12.3 Å². The first kappa shape index (κ1) is 13.9. The molecule has 7 N–H and O–H groups in total. The Kier molecular flexibility index (Phi) is 3.35. The van der Waals surface area contributed by atoms with Gasteiger partial charge in [-0.3, -0.25) is 14.3 Å². The number of ether oxygens (including phenoxy) is 1. The molecule has 0 bridgehead atoms. The number of nitrogen functional groups attached to an aromatic ring is 1. The van der Waals surface area contributed by atoms with Gasteiger partial charge in [-0.1, -0.05) is 0 Å². The molecule has 0 aliphatic carbocycles. The van der Waals surface area contributed by atoms with Crippen molar-refractivity contribution in [3.8, 4) is 0 Å². The molecule has 21 heavy (non-hydrogen) atoms. The Labute approximate surface area is 117 Å². The summed E-state index contributed by atoms with van der Waals surface area (Å²) in [5.41, 5.74) is 5.17. The third-order valence-electron chi connectivity index (χ3n) is 3.32. The molecule has 0 saturated carbocycles. The van der Waals surface area contributed by atoms with Crippen LogP contribution in [0.4, 0.5) is 5.95 Å². The summed E-state index contributed by atoms with van der Waals surface area (Å²) in [5.74, 6) is 4.85. The highest BCUT2D eigenvalue weighted by molar-refractivity contribution is 5.70. The standard InChI is InChI=1S/C10H14N6O5/c11-10-14-7-4(8(19)15-10)13-2-16(7)9-6(18)5(17)3(21-9)1-20-12/h2-3,5-6,9,17-18H,1,12H2,(H3,11,14,15,19)/t3-,5-,6-,9-/m1/s1. The maximum atomic E-state index is 11.7. The molecule has 1 fully saturated rings. The number of imidazole rings is 1. The van der Waals surface area contributed by atoms with E-state index in [0.29, 0.717) is 0 Å². The summed E-state index contributed by atoms with van der Waals surface area (Å²) in [4.78, 5) is 26.3. The lowest BCUT2D eigenvalue weighted by atomic mass is 10.1. The van der Waals surface area contributed by atoms with Gasteiger partial charge >= 0.3 is 0 Å². The molecule has 11 heteroatoms. The number of aliphatic hydroxyl groups excluding tert-OH is 2. The number of aromatic nitrogens is 4. The predicted molar refractivity (Wildman–Crippen MR) is 68.6 cm³/mol. The fourth-order valence-electron chi connectivity index (χ4n) is 2.32. The molecular weight excluding hydrogens is 284 g/mol.